The minimum Gasteiger partial charge on any atom is -0.382 e. The number of halogens is 1. The van der Waals surface area contributed by atoms with Crippen molar-refractivity contribution in [3.8, 4) is 0 Å². The molecule has 2 nitrogen and oxygen atoms in total. The van der Waals surface area contributed by atoms with Crippen LogP contribution in [0.15, 0.2) is 24.3 Å². The molecule has 1 fully saturated rings. The number of hydrogen-bond acceptors (Lipinski definition) is 2. The van der Waals surface area contributed by atoms with E-state index in [0.29, 0.717) is 18.4 Å². The number of ketones is 1. The van der Waals surface area contributed by atoms with Crippen molar-refractivity contribution in [3.05, 3.63) is 27.8 Å². The lowest BCUT2D eigenvalue weighted by Crippen LogP contribution is -2.32. The molecule has 1 aromatic carbocycles. The third kappa shape index (κ3) is 4.79. The maximum Gasteiger partial charge on any atom is 0.131 e. The molecule has 1 atom stereocenters. The number of rotatable bonds is 5. The molecule has 0 bridgehead atoms. The van der Waals surface area contributed by atoms with Crippen molar-refractivity contribution >= 4 is 34.1 Å². The summed E-state index contributed by atoms with van der Waals surface area (Å²) < 4.78 is 1.24. The van der Waals surface area contributed by atoms with Gasteiger partial charge in [-0.3, -0.25) is 4.79 Å². The zero-order valence-electron chi connectivity index (χ0n) is 11.5. The number of anilines is 1. The van der Waals surface area contributed by atoms with E-state index < -0.39 is 0 Å². The molecular weight excluding hydrogens is 349 g/mol. The topological polar surface area (TPSA) is 29.1 Å². The van der Waals surface area contributed by atoms with Crippen LogP contribution in [0.3, 0.4) is 0 Å². The van der Waals surface area contributed by atoms with Gasteiger partial charge in [0.15, 0.2) is 0 Å². The lowest BCUT2D eigenvalue weighted by Gasteiger charge is -2.31. The van der Waals surface area contributed by atoms with Crippen LogP contribution in [-0.2, 0) is 4.79 Å². The summed E-state index contributed by atoms with van der Waals surface area (Å²) in [6.45, 7) is 1.70. The van der Waals surface area contributed by atoms with Crippen molar-refractivity contribution in [1.82, 2.24) is 0 Å². The lowest BCUT2D eigenvalue weighted by molar-refractivity contribution is -0.117. The fourth-order valence-electron chi connectivity index (χ4n) is 2.94. The van der Waals surface area contributed by atoms with Gasteiger partial charge in [0.2, 0.25) is 0 Å². The molecular formula is C16H22INO. The first kappa shape index (κ1) is 14.8. The quantitative estimate of drug-likeness (QED) is 0.765. The van der Waals surface area contributed by atoms with Gasteiger partial charge in [-0.2, -0.15) is 0 Å². The van der Waals surface area contributed by atoms with Crippen LogP contribution in [0, 0.1) is 9.49 Å². The molecule has 0 aromatic heterocycles. The first-order chi connectivity index (χ1) is 9.15. The number of nitrogens with one attached hydrogen (secondary N) is 1. The second-order valence-corrected chi connectivity index (χ2v) is 6.81. The highest BCUT2D eigenvalue weighted by atomic mass is 127. The van der Waals surface area contributed by atoms with Crippen LogP contribution >= 0.6 is 22.6 Å². The standard InChI is InChI=1S/C16H22INO/c1-12(19)11-16(13-5-3-2-4-6-13)18-15-9-7-14(17)8-10-15/h7-10,13,16,18H,2-6,11H2,1H3/t16-/m0/s1. The minimum atomic E-state index is 0.286. The largest absolute Gasteiger partial charge is 0.382 e. The minimum absolute atomic E-state index is 0.286. The van der Waals surface area contributed by atoms with Crippen molar-refractivity contribution in [3.63, 3.8) is 0 Å². The van der Waals surface area contributed by atoms with Crippen LogP contribution in [0.5, 0.6) is 0 Å². The van der Waals surface area contributed by atoms with Crippen LogP contribution in [0.4, 0.5) is 5.69 Å². The summed E-state index contributed by atoms with van der Waals surface area (Å²) in [5.74, 6) is 0.936. The molecule has 0 amide bonds. The first-order valence-corrected chi connectivity index (χ1v) is 8.24. The Morgan fingerprint density at radius 2 is 1.89 bits per heavy atom. The highest BCUT2D eigenvalue weighted by molar-refractivity contribution is 14.1. The van der Waals surface area contributed by atoms with Crippen LogP contribution in [0.2, 0.25) is 0 Å². The molecule has 1 aliphatic rings. The Hall–Kier alpha value is -0.580. The van der Waals surface area contributed by atoms with E-state index in [4.69, 9.17) is 0 Å². The molecule has 2 rings (SSSR count). The Kier molecular flexibility index (Phi) is 5.67. The molecule has 0 unspecified atom stereocenters. The van der Waals surface area contributed by atoms with Crippen molar-refractivity contribution in [1.29, 1.82) is 0 Å². The summed E-state index contributed by atoms with van der Waals surface area (Å²) in [4.78, 5) is 11.5. The zero-order chi connectivity index (χ0) is 13.7. The van der Waals surface area contributed by atoms with E-state index in [1.165, 1.54) is 35.7 Å². The average molecular weight is 371 g/mol. The Balaban J connectivity index is 2.03. The third-order valence-corrected chi connectivity index (χ3v) is 4.64. The zero-order valence-corrected chi connectivity index (χ0v) is 13.7. The Morgan fingerprint density at radius 1 is 1.26 bits per heavy atom. The molecule has 0 radical (unpaired) electrons. The number of carbonyl (C=O) groups is 1. The molecule has 0 spiro atoms. The van der Waals surface area contributed by atoms with Gasteiger partial charge in [-0.15, -0.1) is 0 Å². The molecule has 3 heteroatoms. The van der Waals surface area contributed by atoms with Gasteiger partial charge in [0, 0.05) is 21.7 Å². The highest BCUT2D eigenvalue weighted by Gasteiger charge is 2.24. The number of Topliss-reactive ketones (excluding diaryl/α,β-unsaturated/α-hetero) is 1. The summed E-state index contributed by atoms with van der Waals surface area (Å²) in [6.07, 6.45) is 7.15. The third-order valence-electron chi connectivity index (χ3n) is 3.92. The van der Waals surface area contributed by atoms with Crippen molar-refractivity contribution in [2.24, 2.45) is 5.92 Å². The normalized spacial score (nSPS) is 18.0. The van der Waals surface area contributed by atoms with E-state index in [0.717, 1.165) is 5.69 Å². The predicted octanol–water partition coefficient (Wildman–Crippen LogP) is 4.63. The molecule has 1 saturated carbocycles. The van der Waals surface area contributed by atoms with Crippen LogP contribution < -0.4 is 5.32 Å². The van der Waals surface area contributed by atoms with E-state index in [2.05, 4.69) is 52.2 Å². The summed E-state index contributed by atoms with van der Waals surface area (Å²) in [5.41, 5.74) is 1.14. The highest BCUT2D eigenvalue weighted by Crippen LogP contribution is 2.30. The van der Waals surface area contributed by atoms with Gasteiger partial charge in [-0.1, -0.05) is 19.3 Å². The maximum absolute atomic E-state index is 11.5. The van der Waals surface area contributed by atoms with Crippen LogP contribution in [0.1, 0.15) is 45.4 Å². The molecule has 0 saturated heterocycles. The number of hydrogen-bond donors (Lipinski definition) is 1. The van der Waals surface area contributed by atoms with Gasteiger partial charge in [0.25, 0.3) is 0 Å². The van der Waals surface area contributed by atoms with Gasteiger partial charge in [-0.05, 0) is 72.5 Å². The van der Waals surface area contributed by atoms with Crippen LogP contribution in [-0.4, -0.2) is 11.8 Å². The second kappa shape index (κ2) is 7.27. The average Bonchev–Trinajstić information content (AvgIpc) is 2.41. The Morgan fingerprint density at radius 3 is 2.47 bits per heavy atom. The molecule has 0 heterocycles. The van der Waals surface area contributed by atoms with Gasteiger partial charge >= 0.3 is 0 Å². The second-order valence-electron chi connectivity index (χ2n) is 5.56. The van der Waals surface area contributed by atoms with E-state index in [-0.39, 0.29) is 5.78 Å². The van der Waals surface area contributed by atoms with Gasteiger partial charge < -0.3 is 5.32 Å². The Labute approximate surface area is 129 Å². The molecule has 104 valence electrons. The lowest BCUT2D eigenvalue weighted by atomic mass is 9.82. The number of carbonyl (C=O) groups excluding carboxylic acids is 1. The van der Waals surface area contributed by atoms with Crippen molar-refractivity contribution in [2.45, 2.75) is 51.5 Å². The SMILES string of the molecule is CC(=O)C[C@H](Nc1ccc(I)cc1)C1CCCCC1. The molecule has 1 N–H and O–H groups in total. The van der Waals surface area contributed by atoms with E-state index in [1.54, 1.807) is 6.92 Å². The summed E-state index contributed by atoms with van der Waals surface area (Å²) >= 11 is 2.31. The molecule has 1 aliphatic carbocycles. The summed E-state index contributed by atoms with van der Waals surface area (Å²) in [5, 5.41) is 3.58. The number of benzene rings is 1. The van der Waals surface area contributed by atoms with Gasteiger partial charge in [-0.25, -0.2) is 0 Å². The monoisotopic (exact) mass is 371 g/mol. The van der Waals surface area contributed by atoms with Crippen LogP contribution in [0.25, 0.3) is 0 Å². The summed E-state index contributed by atoms with van der Waals surface area (Å²) in [7, 11) is 0. The molecule has 19 heavy (non-hydrogen) atoms. The van der Waals surface area contributed by atoms with E-state index >= 15 is 0 Å². The maximum atomic E-state index is 11.5. The van der Waals surface area contributed by atoms with Crippen molar-refractivity contribution < 1.29 is 4.79 Å². The van der Waals surface area contributed by atoms with Gasteiger partial charge in [0.1, 0.15) is 5.78 Å². The Bertz CT molecular complexity index is 409. The smallest absolute Gasteiger partial charge is 0.131 e. The predicted molar refractivity (Wildman–Crippen MR) is 88.4 cm³/mol. The molecule has 0 aliphatic heterocycles. The van der Waals surface area contributed by atoms with E-state index in [9.17, 15) is 4.79 Å². The van der Waals surface area contributed by atoms with Gasteiger partial charge in [0.05, 0.1) is 0 Å². The van der Waals surface area contributed by atoms with E-state index in [1.807, 2.05) is 0 Å². The fourth-order valence-corrected chi connectivity index (χ4v) is 3.30. The first-order valence-electron chi connectivity index (χ1n) is 7.16. The fraction of sp³-hybridized carbons (Fsp3) is 0.562. The summed E-state index contributed by atoms with van der Waals surface area (Å²) in [6, 6.07) is 8.73. The van der Waals surface area contributed by atoms with Crippen molar-refractivity contribution in [2.75, 3.05) is 5.32 Å². The molecule has 1 aromatic rings.